The van der Waals surface area contributed by atoms with Crippen LogP contribution in [0.5, 0.6) is 0 Å². The number of thioether (sulfide) groups is 1. The average molecular weight is 229 g/mol. The lowest BCUT2D eigenvalue weighted by molar-refractivity contribution is 0.200. The zero-order valence-electron chi connectivity index (χ0n) is 10.3. The molecule has 0 radical (unpaired) electrons. The second-order valence-corrected chi connectivity index (χ2v) is 6.05. The molecule has 1 rings (SSSR count). The van der Waals surface area contributed by atoms with Crippen molar-refractivity contribution in [2.24, 2.45) is 11.1 Å². The monoisotopic (exact) mass is 229 g/mol. The van der Waals surface area contributed by atoms with E-state index in [1.165, 1.54) is 63.5 Å². The van der Waals surface area contributed by atoms with Gasteiger partial charge in [-0.2, -0.15) is 11.8 Å². The lowest BCUT2D eigenvalue weighted by Gasteiger charge is -2.34. The maximum Gasteiger partial charge on any atom is -0.00205 e. The van der Waals surface area contributed by atoms with Crippen LogP contribution in [-0.4, -0.2) is 18.6 Å². The first-order chi connectivity index (χ1) is 7.33. The van der Waals surface area contributed by atoms with Gasteiger partial charge in [-0.05, 0) is 49.7 Å². The molecule has 0 aliphatic heterocycles. The molecule has 0 spiro atoms. The summed E-state index contributed by atoms with van der Waals surface area (Å²) in [6, 6.07) is 0. The van der Waals surface area contributed by atoms with Crippen molar-refractivity contribution in [3.63, 3.8) is 0 Å². The van der Waals surface area contributed by atoms with Gasteiger partial charge in [-0.15, -0.1) is 0 Å². The van der Waals surface area contributed by atoms with E-state index in [-0.39, 0.29) is 0 Å². The molecule has 0 bridgehead atoms. The highest BCUT2D eigenvalue weighted by atomic mass is 32.2. The number of hydrogen-bond donors (Lipinski definition) is 1. The Morgan fingerprint density at radius 2 is 1.67 bits per heavy atom. The van der Waals surface area contributed by atoms with Gasteiger partial charge in [0, 0.05) is 0 Å². The quantitative estimate of drug-likeness (QED) is 0.725. The van der Waals surface area contributed by atoms with Crippen LogP contribution < -0.4 is 5.73 Å². The summed E-state index contributed by atoms with van der Waals surface area (Å²) in [4.78, 5) is 0. The third-order valence-corrected chi connectivity index (χ3v) is 4.60. The predicted molar refractivity (Wildman–Crippen MR) is 71.4 cm³/mol. The van der Waals surface area contributed by atoms with Crippen LogP contribution in [-0.2, 0) is 0 Å². The maximum absolute atomic E-state index is 6.03. The fourth-order valence-corrected chi connectivity index (χ4v) is 3.24. The van der Waals surface area contributed by atoms with Gasteiger partial charge in [-0.1, -0.05) is 32.1 Å². The summed E-state index contributed by atoms with van der Waals surface area (Å²) in [5.74, 6) is 1.31. The number of rotatable bonds is 5. The van der Waals surface area contributed by atoms with Gasteiger partial charge >= 0.3 is 0 Å². The van der Waals surface area contributed by atoms with Crippen molar-refractivity contribution in [2.75, 3.05) is 18.6 Å². The van der Waals surface area contributed by atoms with Crippen molar-refractivity contribution < 1.29 is 0 Å². The molecular formula is C13H27NS. The summed E-state index contributed by atoms with van der Waals surface area (Å²) in [5.41, 5.74) is 6.54. The van der Waals surface area contributed by atoms with Crippen LogP contribution in [0.2, 0.25) is 0 Å². The summed E-state index contributed by atoms with van der Waals surface area (Å²) >= 11 is 1.97. The van der Waals surface area contributed by atoms with Crippen LogP contribution in [0, 0.1) is 5.41 Å². The number of nitrogens with two attached hydrogens (primary N) is 1. The highest BCUT2D eigenvalue weighted by Gasteiger charge is 2.27. The third-order valence-electron chi connectivity index (χ3n) is 3.90. The van der Waals surface area contributed by atoms with Gasteiger partial charge in [0.15, 0.2) is 0 Å². The van der Waals surface area contributed by atoms with Gasteiger partial charge in [0.25, 0.3) is 0 Å². The minimum absolute atomic E-state index is 0.510. The van der Waals surface area contributed by atoms with E-state index >= 15 is 0 Å². The predicted octanol–water partition coefficient (Wildman–Crippen LogP) is 3.82. The van der Waals surface area contributed by atoms with Gasteiger partial charge in [-0.25, -0.2) is 0 Å². The maximum atomic E-state index is 6.03. The molecule has 1 fully saturated rings. The highest BCUT2D eigenvalue weighted by molar-refractivity contribution is 7.98. The molecule has 0 aromatic heterocycles. The standard InChI is InChI=1S/C13H27NS/c1-15-11-7-10-13(12-14)8-5-3-2-4-6-9-13/h2-12,14H2,1H3. The molecule has 0 aromatic carbocycles. The molecule has 0 amide bonds. The Kier molecular flexibility index (Phi) is 6.74. The molecule has 15 heavy (non-hydrogen) atoms. The lowest BCUT2D eigenvalue weighted by atomic mass is 9.73. The largest absolute Gasteiger partial charge is 0.330 e. The zero-order valence-corrected chi connectivity index (χ0v) is 11.1. The smallest absolute Gasteiger partial charge is 0.00205 e. The highest BCUT2D eigenvalue weighted by Crippen LogP contribution is 2.37. The van der Waals surface area contributed by atoms with Gasteiger partial charge < -0.3 is 5.73 Å². The topological polar surface area (TPSA) is 26.0 Å². The van der Waals surface area contributed by atoms with Crippen molar-refractivity contribution in [3.05, 3.63) is 0 Å². The van der Waals surface area contributed by atoms with E-state index in [0.29, 0.717) is 5.41 Å². The zero-order chi connectivity index (χ0) is 11.0. The Bertz CT molecular complexity index is 151. The van der Waals surface area contributed by atoms with E-state index in [1.807, 2.05) is 11.8 Å². The van der Waals surface area contributed by atoms with Crippen molar-refractivity contribution in [1.29, 1.82) is 0 Å². The first-order valence-electron chi connectivity index (χ1n) is 6.52. The van der Waals surface area contributed by atoms with Gasteiger partial charge in [0.2, 0.25) is 0 Å². The summed E-state index contributed by atoms with van der Waals surface area (Å²) < 4.78 is 0. The Hall–Kier alpha value is 0.310. The van der Waals surface area contributed by atoms with Crippen molar-refractivity contribution in [1.82, 2.24) is 0 Å². The van der Waals surface area contributed by atoms with E-state index in [0.717, 1.165) is 6.54 Å². The van der Waals surface area contributed by atoms with Crippen molar-refractivity contribution in [2.45, 2.75) is 57.8 Å². The Morgan fingerprint density at radius 1 is 1.07 bits per heavy atom. The second-order valence-electron chi connectivity index (χ2n) is 5.07. The molecule has 1 aliphatic carbocycles. The molecule has 1 saturated carbocycles. The minimum atomic E-state index is 0.510. The molecule has 0 heterocycles. The Labute approximate surface area is 99.6 Å². The summed E-state index contributed by atoms with van der Waals surface area (Å²) in [5, 5.41) is 0. The molecule has 90 valence electrons. The normalized spacial score (nSPS) is 22.0. The average Bonchev–Trinajstić information content (AvgIpc) is 2.22. The van der Waals surface area contributed by atoms with Crippen LogP contribution in [0.3, 0.4) is 0 Å². The fourth-order valence-electron chi connectivity index (χ4n) is 2.80. The van der Waals surface area contributed by atoms with Gasteiger partial charge in [-0.3, -0.25) is 0 Å². The third kappa shape index (κ3) is 4.78. The van der Waals surface area contributed by atoms with E-state index in [9.17, 15) is 0 Å². The molecule has 1 nitrogen and oxygen atoms in total. The Morgan fingerprint density at radius 3 is 2.20 bits per heavy atom. The first kappa shape index (κ1) is 13.4. The molecule has 0 saturated heterocycles. The van der Waals surface area contributed by atoms with Crippen LogP contribution >= 0.6 is 11.8 Å². The molecule has 2 N–H and O–H groups in total. The molecule has 0 aromatic rings. The summed E-state index contributed by atoms with van der Waals surface area (Å²) in [6.45, 7) is 0.918. The second kappa shape index (κ2) is 7.56. The first-order valence-corrected chi connectivity index (χ1v) is 7.91. The van der Waals surface area contributed by atoms with Crippen LogP contribution in [0.4, 0.5) is 0 Å². The van der Waals surface area contributed by atoms with Gasteiger partial charge in [0.1, 0.15) is 0 Å². The number of hydrogen-bond acceptors (Lipinski definition) is 2. The van der Waals surface area contributed by atoms with E-state index < -0.39 is 0 Å². The van der Waals surface area contributed by atoms with E-state index in [2.05, 4.69) is 6.26 Å². The van der Waals surface area contributed by atoms with Crippen LogP contribution in [0.15, 0.2) is 0 Å². The Balaban J connectivity index is 2.39. The fraction of sp³-hybridized carbons (Fsp3) is 1.00. The van der Waals surface area contributed by atoms with E-state index in [1.54, 1.807) is 0 Å². The van der Waals surface area contributed by atoms with E-state index in [4.69, 9.17) is 5.73 Å². The molecule has 0 unspecified atom stereocenters. The summed E-state index contributed by atoms with van der Waals surface area (Å²) in [6.07, 6.45) is 14.8. The van der Waals surface area contributed by atoms with Gasteiger partial charge in [0.05, 0.1) is 0 Å². The summed E-state index contributed by atoms with van der Waals surface area (Å²) in [7, 11) is 0. The van der Waals surface area contributed by atoms with Crippen LogP contribution in [0.25, 0.3) is 0 Å². The molecular weight excluding hydrogens is 202 g/mol. The van der Waals surface area contributed by atoms with Crippen molar-refractivity contribution >= 4 is 11.8 Å². The van der Waals surface area contributed by atoms with Crippen molar-refractivity contribution in [3.8, 4) is 0 Å². The minimum Gasteiger partial charge on any atom is -0.330 e. The molecule has 0 atom stereocenters. The molecule has 2 heteroatoms. The lowest BCUT2D eigenvalue weighted by Crippen LogP contribution is -2.31. The van der Waals surface area contributed by atoms with Crippen LogP contribution in [0.1, 0.15) is 57.8 Å². The SMILES string of the molecule is CSCCCC1(CN)CCCCCCC1. The molecule has 1 aliphatic rings.